The Labute approximate surface area is 103 Å². The number of aryl methyl sites for hydroxylation is 1. The van der Waals surface area contributed by atoms with Gasteiger partial charge in [-0.05, 0) is 25.2 Å². The van der Waals surface area contributed by atoms with Gasteiger partial charge in [0.25, 0.3) is 0 Å². The first-order chi connectivity index (χ1) is 8.27. The Morgan fingerprint density at radius 3 is 3.06 bits per heavy atom. The zero-order chi connectivity index (χ0) is 12.1. The Balaban J connectivity index is 1.78. The van der Waals surface area contributed by atoms with Crippen LogP contribution in [0.15, 0.2) is 6.33 Å². The maximum Gasteiger partial charge on any atom is 0.132 e. The largest absolute Gasteiger partial charge is 0.379 e. The predicted octanol–water partition coefficient (Wildman–Crippen LogP) is 2.05. The van der Waals surface area contributed by atoms with Crippen LogP contribution in [-0.4, -0.2) is 29.7 Å². The molecule has 1 aliphatic carbocycles. The van der Waals surface area contributed by atoms with Crippen LogP contribution in [0.5, 0.6) is 0 Å². The normalized spacial score (nSPS) is 14.1. The number of anilines is 1. The van der Waals surface area contributed by atoms with Gasteiger partial charge < -0.3 is 10.1 Å². The SMILES string of the molecule is CC(C)COCCNc1ncnc2c1CCC2. The average molecular weight is 235 g/mol. The van der Waals surface area contributed by atoms with E-state index in [1.54, 1.807) is 6.33 Å². The van der Waals surface area contributed by atoms with Crippen molar-refractivity contribution >= 4 is 5.82 Å². The standard InChI is InChI=1S/C13H21N3O/c1-10(2)8-17-7-6-14-13-11-4-3-5-12(11)15-9-16-13/h9-10H,3-8H2,1-2H3,(H,14,15,16). The van der Waals surface area contributed by atoms with Crippen LogP contribution >= 0.6 is 0 Å². The highest BCUT2D eigenvalue weighted by Crippen LogP contribution is 2.24. The fraction of sp³-hybridized carbons (Fsp3) is 0.692. The van der Waals surface area contributed by atoms with Gasteiger partial charge in [-0.1, -0.05) is 13.8 Å². The summed E-state index contributed by atoms with van der Waals surface area (Å²) in [6.45, 7) is 6.69. The number of hydrogen-bond donors (Lipinski definition) is 1. The molecular formula is C13H21N3O. The molecule has 0 spiro atoms. The number of aromatic nitrogens is 2. The van der Waals surface area contributed by atoms with E-state index in [1.807, 2.05) is 0 Å². The van der Waals surface area contributed by atoms with Gasteiger partial charge in [-0.3, -0.25) is 0 Å². The molecule has 1 heterocycles. The monoisotopic (exact) mass is 235 g/mol. The topological polar surface area (TPSA) is 47.0 Å². The quantitative estimate of drug-likeness (QED) is 0.767. The van der Waals surface area contributed by atoms with E-state index in [4.69, 9.17) is 4.74 Å². The summed E-state index contributed by atoms with van der Waals surface area (Å²) >= 11 is 0. The fourth-order valence-electron chi connectivity index (χ4n) is 2.07. The first-order valence-corrected chi connectivity index (χ1v) is 6.41. The van der Waals surface area contributed by atoms with E-state index in [0.29, 0.717) is 5.92 Å². The molecule has 1 aromatic heterocycles. The van der Waals surface area contributed by atoms with Crippen LogP contribution in [0, 0.1) is 5.92 Å². The fourth-order valence-corrected chi connectivity index (χ4v) is 2.07. The molecule has 0 fully saturated rings. The van der Waals surface area contributed by atoms with Gasteiger partial charge in [0.2, 0.25) is 0 Å². The molecule has 2 rings (SSSR count). The zero-order valence-electron chi connectivity index (χ0n) is 10.7. The van der Waals surface area contributed by atoms with Crippen molar-refractivity contribution < 1.29 is 4.74 Å². The molecule has 0 saturated heterocycles. The lowest BCUT2D eigenvalue weighted by atomic mass is 10.2. The van der Waals surface area contributed by atoms with Crippen LogP contribution in [0.1, 0.15) is 31.5 Å². The Morgan fingerprint density at radius 2 is 2.24 bits per heavy atom. The summed E-state index contributed by atoms with van der Waals surface area (Å²) in [5, 5.41) is 3.34. The molecule has 0 bridgehead atoms. The molecule has 0 aromatic carbocycles. The summed E-state index contributed by atoms with van der Waals surface area (Å²) in [6, 6.07) is 0. The van der Waals surface area contributed by atoms with Gasteiger partial charge in [-0.2, -0.15) is 0 Å². The van der Waals surface area contributed by atoms with Crippen molar-refractivity contribution in [2.75, 3.05) is 25.1 Å². The summed E-state index contributed by atoms with van der Waals surface area (Å²) in [5.41, 5.74) is 2.52. The molecule has 0 unspecified atom stereocenters. The van der Waals surface area contributed by atoms with Gasteiger partial charge >= 0.3 is 0 Å². The molecule has 4 heteroatoms. The molecular weight excluding hydrogens is 214 g/mol. The van der Waals surface area contributed by atoms with Crippen LogP contribution in [0.4, 0.5) is 5.82 Å². The summed E-state index contributed by atoms with van der Waals surface area (Å²) in [4.78, 5) is 8.61. The Morgan fingerprint density at radius 1 is 1.35 bits per heavy atom. The lowest BCUT2D eigenvalue weighted by Gasteiger charge is -2.10. The maximum atomic E-state index is 5.53. The zero-order valence-corrected chi connectivity index (χ0v) is 10.7. The van der Waals surface area contributed by atoms with E-state index in [2.05, 4.69) is 29.1 Å². The van der Waals surface area contributed by atoms with E-state index in [1.165, 1.54) is 17.7 Å². The van der Waals surface area contributed by atoms with Gasteiger partial charge in [0, 0.05) is 24.4 Å². The smallest absolute Gasteiger partial charge is 0.132 e. The Hall–Kier alpha value is -1.16. The lowest BCUT2D eigenvalue weighted by Crippen LogP contribution is -2.14. The van der Waals surface area contributed by atoms with Crippen molar-refractivity contribution in [1.29, 1.82) is 0 Å². The first kappa shape index (κ1) is 12.3. The van der Waals surface area contributed by atoms with Crippen LogP contribution in [0.2, 0.25) is 0 Å². The van der Waals surface area contributed by atoms with E-state index >= 15 is 0 Å². The van der Waals surface area contributed by atoms with E-state index < -0.39 is 0 Å². The molecule has 1 aromatic rings. The Bertz CT molecular complexity index is 366. The van der Waals surface area contributed by atoms with Crippen LogP contribution in [-0.2, 0) is 17.6 Å². The third-order valence-electron chi connectivity index (χ3n) is 2.86. The van der Waals surface area contributed by atoms with Crippen molar-refractivity contribution in [3.05, 3.63) is 17.6 Å². The van der Waals surface area contributed by atoms with Crippen LogP contribution < -0.4 is 5.32 Å². The van der Waals surface area contributed by atoms with Crippen molar-refractivity contribution in [3.63, 3.8) is 0 Å². The molecule has 0 aliphatic heterocycles. The summed E-state index contributed by atoms with van der Waals surface area (Å²) < 4.78 is 5.53. The molecule has 17 heavy (non-hydrogen) atoms. The van der Waals surface area contributed by atoms with Crippen LogP contribution in [0.3, 0.4) is 0 Å². The third-order valence-corrected chi connectivity index (χ3v) is 2.86. The predicted molar refractivity (Wildman–Crippen MR) is 68.2 cm³/mol. The van der Waals surface area contributed by atoms with E-state index in [0.717, 1.165) is 38.4 Å². The molecule has 1 N–H and O–H groups in total. The Kier molecular flexibility index (Phi) is 4.31. The minimum absolute atomic E-state index is 0.596. The van der Waals surface area contributed by atoms with E-state index in [-0.39, 0.29) is 0 Å². The second-order valence-corrected chi connectivity index (χ2v) is 4.90. The van der Waals surface area contributed by atoms with Crippen molar-refractivity contribution in [2.45, 2.75) is 33.1 Å². The molecule has 0 atom stereocenters. The maximum absolute atomic E-state index is 5.53. The van der Waals surface area contributed by atoms with Gasteiger partial charge in [-0.25, -0.2) is 9.97 Å². The second kappa shape index (κ2) is 5.96. The summed E-state index contributed by atoms with van der Waals surface area (Å²) in [6.07, 6.45) is 5.05. The number of ether oxygens (including phenoxy) is 1. The molecule has 1 aliphatic rings. The second-order valence-electron chi connectivity index (χ2n) is 4.90. The lowest BCUT2D eigenvalue weighted by molar-refractivity contribution is 0.118. The number of nitrogens with one attached hydrogen (secondary N) is 1. The van der Waals surface area contributed by atoms with E-state index in [9.17, 15) is 0 Å². The van der Waals surface area contributed by atoms with Gasteiger partial charge in [0.05, 0.1) is 6.61 Å². The molecule has 0 amide bonds. The number of fused-ring (bicyclic) bond motifs is 1. The first-order valence-electron chi connectivity index (χ1n) is 6.41. The summed E-state index contributed by atoms with van der Waals surface area (Å²) in [7, 11) is 0. The minimum Gasteiger partial charge on any atom is -0.379 e. The molecule has 0 radical (unpaired) electrons. The van der Waals surface area contributed by atoms with Crippen molar-refractivity contribution in [3.8, 4) is 0 Å². The highest BCUT2D eigenvalue weighted by Gasteiger charge is 2.16. The van der Waals surface area contributed by atoms with Crippen molar-refractivity contribution in [1.82, 2.24) is 9.97 Å². The third kappa shape index (κ3) is 3.40. The molecule has 0 saturated carbocycles. The molecule has 4 nitrogen and oxygen atoms in total. The molecule has 94 valence electrons. The van der Waals surface area contributed by atoms with Gasteiger partial charge in [0.1, 0.15) is 12.1 Å². The number of nitrogens with zero attached hydrogens (tertiary/aromatic N) is 2. The average Bonchev–Trinajstić information content (AvgIpc) is 2.77. The van der Waals surface area contributed by atoms with Crippen LogP contribution in [0.25, 0.3) is 0 Å². The van der Waals surface area contributed by atoms with Gasteiger partial charge in [-0.15, -0.1) is 0 Å². The summed E-state index contributed by atoms with van der Waals surface area (Å²) in [5.74, 6) is 1.60. The number of rotatable bonds is 6. The van der Waals surface area contributed by atoms with Gasteiger partial charge in [0.15, 0.2) is 0 Å². The minimum atomic E-state index is 0.596. The highest BCUT2D eigenvalue weighted by atomic mass is 16.5. The van der Waals surface area contributed by atoms with Crippen molar-refractivity contribution in [2.24, 2.45) is 5.92 Å². The number of hydrogen-bond acceptors (Lipinski definition) is 4. The highest BCUT2D eigenvalue weighted by molar-refractivity contribution is 5.47.